The van der Waals surface area contributed by atoms with E-state index in [-0.39, 0.29) is 0 Å². The van der Waals surface area contributed by atoms with Crippen LogP contribution in [-0.4, -0.2) is 40.8 Å². The van der Waals surface area contributed by atoms with Gasteiger partial charge in [0.2, 0.25) is 5.13 Å². The average Bonchev–Trinajstić information content (AvgIpc) is 2.66. The highest BCUT2D eigenvalue weighted by molar-refractivity contribution is 9.11. The maximum atomic E-state index is 4.09. The van der Waals surface area contributed by atoms with Gasteiger partial charge in [0.25, 0.3) is 0 Å². The summed E-state index contributed by atoms with van der Waals surface area (Å²) in [5, 5.41) is 12.5. The molecule has 82 valence electrons. The molecule has 4 nitrogen and oxygen atoms in total. The van der Waals surface area contributed by atoms with E-state index < -0.39 is 0 Å². The van der Waals surface area contributed by atoms with E-state index in [1.165, 1.54) is 32.5 Å². The van der Waals surface area contributed by atoms with E-state index in [0.717, 1.165) is 15.0 Å². The third-order valence-corrected chi connectivity index (χ3v) is 4.65. The van der Waals surface area contributed by atoms with Crippen molar-refractivity contribution < 1.29 is 0 Å². The Morgan fingerprint density at radius 2 is 2.13 bits per heavy atom. The minimum Gasteiger partial charge on any atom is -0.356 e. The van der Waals surface area contributed by atoms with Gasteiger partial charge < -0.3 is 10.2 Å². The van der Waals surface area contributed by atoms with Crippen LogP contribution in [0.1, 0.15) is 12.8 Å². The molecule has 1 atom stereocenters. The highest BCUT2D eigenvalue weighted by Crippen LogP contribution is 2.30. The number of nitrogens with zero attached hydrogens (tertiary/aromatic N) is 3. The molecule has 3 aliphatic heterocycles. The summed E-state index contributed by atoms with van der Waals surface area (Å²) in [7, 11) is 0. The van der Waals surface area contributed by atoms with Crippen LogP contribution in [0.4, 0.5) is 5.13 Å². The van der Waals surface area contributed by atoms with Gasteiger partial charge in [0.15, 0.2) is 3.92 Å². The summed E-state index contributed by atoms with van der Waals surface area (Å²) in [5.74, 6) is 0.831. The summed E-state index contributed by atoms with van der Waals surface area (Å²) >= 11 is 4.91. The zero-order valence-electron chi connectivity index (χ0n) is 8.32. The normalized spacial score (nSPS) is 34.3. The van der Waals surface area contributed by atoms with Gasteiger partial charge in [-0.25, -0.2) is 0 Å². The molecule has 0 aliphatic carbocycles. The van der Waals surface area contributed by atoms with Gasteiger partial charge in [-0.3, -0.25) is 0 Å². The van der Waals surface area contributed by atoms with Gasteiger partial charge in [-0.2, -0.15) is 0 Å². The first kappa shape index (κ1) is 9.99. The van der Waals surface area contributed by atoms with Crippen molar-refractivity contribution >= 4 is 32.4 Å². The molecule has 4 rings (SSSR count). The van der Waals surface area contributed by atoms with E-state index in [2.05, 4.69) is 36.3 Å². The molecule has 0 spiro atoms. The lowest BCUT2D eigenvalue weighted by Crippen LogP contribution is -2.53. The van der Waals surface area contributed by atoms with E-state index >= 15 is 0 Å². The molecule has 1 aromatic heterocycles. The van der Waals surface area contributed by atoms with Crippen LogP contribution >= 0.6 is 27.3 Å². The van der Waals surface area contributed by atoms with Gasteiger partial charge in [0.05, 0.1) is 0 Å². The van der Waals surface area contributed by atoms with E-state index in [1.54, 1.807) is 11.3 Å². The Morgan fingerprint density at radius 3 is 2.67 bits per heavy atom. The Hall–Kier alpha value is -0.200. The van der Waals surface area contributed by atoms with Crippen molar-refractivity contribution in [3.05, 3.63) is 3.92 Å². The molecule has 15 heavy (non-hydrogen) atoms. The van der Waals surface area contributed by atoms with Gasteiger partial charge in [0.1, 0.15) is 0 Å². The first-order chi connectivity index (χ1) is 7.31. The molecule has 1 aromatic rings. The van der Waals surface area contributed by atoms with Crippen molar-refractivity contribution in [2.75, 3.05) is 25.0 Å². The molecule has 0 amide bonds. The molecule has 0 aromatic carbocycles. The summed E-state index contributed by atoms with van der Waals surface area (Å²) in [6.45, 7) is 3.73. The Labute approximate surface area is 101 Å². The van der Waals surface area contributed by atoms with E-state index in [9.17, 15) is 0 Å². The predicted molar refractivity (Wildman–Crippen MR) is 64.2 cm³/mol. The Kier molecular flexibility index (Phi) is 2.66. The second-order valence-corrected chi connectivity index (χ2v) is 6.50. The van der Waals surface area contributed by atoms with Crippen molar-refractivity contribution in [1.82, 2.24) is 15.1 Å². The highest BCUT2D eigenvalue weighted by atomic mass is 79.9. The Morgan fingerprint density at radius 1 is 1.33 bits per heavy atom. The van der Waals surface area contributed by atoms with E-state index in [4.69, 9.17) is 0 Å². The van der Waals surface area contributed by atoms with Crippen molar-refractivity contribution in [2.45, 2.75) is 18.9 Å². The van der Waals surface area contributed by atoms with Crippen molar-refractivity contribution in [2.24, 2.45) is 5.92 Å². The van der Waals surface area contributed by atoms with Crippen molar-refractivity contribution in [3.8, 4) is 0 Å². The predicted octanol–water partition coefficient (Wildman–Crippen LogP) is 1.81. The van der Waals surface area contributed by atoms with E-state index in [0.29, 0.717) is 6.04 Å². The number of nitrogens with one attached hydrogen (secondary N) is 1. The summed E-state index contributed by atoms with van der Waals surface area (Å²) in [5.41, 5.74) is 0. The highest BCUT2D eigenvalue weighted by Gasteiger charge is 2.34. The average molecular weight is 289 g/mol. The van der Waals surface area contributed by atoms with Gasteiger partial charge in [0, 0.05) is 12.6 Å². The topological polar surface area (TPSA) is 41.1 Å². The summed E-state index contributed by atoms with van der Waals surface area (Å²) < 4.78 is 0.853. The Balaban J connectivity index is 1.68. The quantitative estimate of drug-likeness (QED) is 0.901. The standard InChI is InChI=1S/C9H13BrN4S/c10-8-12-13-9(15-8)11-7-5-14-3-1-6(7)2-4-14/h6-7H,1-5H2,(H,11,13). The minimum atomic E-state index is 0.576. The van der Waals surface area contributed by atoms with Crippen LogP contribution in [-0.2, 0) is 0 Å². The number of anilines is 1. The number of halogens is 1. The number of aromatic nitrogens is 2. The molecule has 3 saturated heterocycles. The molecule has 1 N–H and O–H groups in total. The van der Waals surface area contributed by atoms with Crippen LogP contribution in [0.3, 0.4) is 0 Å². The molecule has 6 heteroatoms. The molecular formula is C9H13BrN4S. The third kappa shape index (κ3) is 2.03. The van der Waals surface area contributed by atoms with Crippen LogP contribution in [0.5, 0.6) is 0 Å². The monoisotopic (exact) mass is 288 g/mol. The zero-order chi connectivity index (χ0) is 10.3. The SMILES string of the molecule is Brc1nnc(NC2CN3CCC2CC3)s1. The maximum absolute atomic E-state index is 4.09. The maximum Gasteiger partial charge on any atom is 0.206 e. The molecule has 2 bridgehead atoms. The van der Waals surface area contributed by atoms with Gasteiger partial charge in [-0.05, 0) is 47.8 Å². The lowest BCUT2D eigenvalue weighted by molar-refractivity contribution is 0.0975. The number of hydrogen-bond donors (Lipinski definition) is 1. The van der Waals surface area contributed by atoms with Gasteiger partial charge in [-0.15, -0.1) is 10.2 Å². The number of piperidine rings is 3. The van der Waals surface area contributed by atoms with Crippen molar-refractivity contribution in [1.29, 1.82) is 0 Å². The van der Waals surface area contributed by atoms with Crippen LogP contribution in [0, 0.1) is 5.92 Å². The van der Waals surface area contributed by atoms with Crippen LogP contribution in [0.15, 0.2) is 3.92 Å². The fourth-order valence-electron chi connectivity index (χ4n) is 2.55. The first-order valence-electron chi connectivity index (χ1n) is 5.29. The molecule has 0 radical (unpaired) electrons. The van der Waals surface area contributed by atoms with Crippen LogP contribution < -0.4 is 5.32 Å². The van der Waals surface area contributed by atoms with E-state index in [1.807, 2.05) is 0 Å². The summed E-state index contributed by atoms with van der Waals surface area (Å²) in [6, 6.07) is 0.576. The number of fused-ring (bicyclic) bond motifs is 3. The number of hydrogen-bond acceptors (Lipinski definition) is 5. The fourth-order valence-corrected chi connectivity index (χ4v) is 3.62. The minimum absolute atomic E-state index is 0.576. The summed E-state index contributed by atoms with van der Waals surface area (Å²) in [4.78, 5) is 2.54. The molecule has 3 fully saturated rings. The smallest absolute Gasteiger partial charge is 0.206 e. The lowest BCUT2D eigenvalue weighted by atomic mass is 9.84. The third-order valence-electron chi connectivity index (χ3n) is 3.37. The molecule has 1 unspecified atom stereocenters. The molecule has 0 saturated carbocycles. The fraction of sp³-hybridized carbons (Fsp3) is 0.778. The lowest BCUT2D eigenvalue weighted by Gasteiger charge is -2.44. The first-order valence-corrected chi connectivity index (χ1v) is 6.90. The largest absolute Gasteiger partial charge is 0.356 e. The van der Waals surface area contributed by atoms with Crippen LogP contribution in [0.25, 0.3) is 0 Å². The second-order valence-electron chi connectivity index (χ2n) is 4.25. The van der Waals surface area contributed by atoms with Gasteiger partial charge >= 0.3 is 0 Å². The van der Waals surface area contributed by atoms with Gasteiger partial charge in [-0.1, -0.05) is 11.3 Å². The molecular weight excluding hydrogens is 276 g/mol. The zero-order valence-corrected chi connectivity index (χ0v) is 10.7. The number of rotatable bonds is 2. The molecule has 4 heterocycles. The summed E-state index contributed by atoms with van der Waals surface area (Å²) in [6.07, 6.45) is 2.66. The second kappa shape index (κ2) is 3.99. The molecule has 3 aliphatic rings. The van der Waals surface area contributed by atoms with Crippen molar-refractivity contribution in [3.63, 3.8) is 0 Å². The Bertz CT molecular complexity index is 348. The van der Waals surface area contributed by atoms with Crippen LogP contribution in [0.2, 0.25) is 0 Å².